The lowest BCUT2D eigenvalue weighted by Gasteiger charge is -2.01. The molecule has 0 saturated heterocycles. The van der Waals surface area contributed by atoms with Crippen LogP contribution >= 0.6 is 24.8 Å². The molecule has 0 aromatic carbocycles. The molecular formula is C8H14Cl2N2O2S. The van der Waals surface area contributed by atoms with Gasteiger partial charge in [-0.25, -0.2) is 13.4 Å². The van der Waals surface area contributed by atoms with Crippen molar-refractivity contribution in [2.24, 2.45) is 0 Å². The summed E-state index contributed by atoms with van der Waals surface area (Å²) in [6, 6.07) is 3.19. The Morgan fingerprint density at radius 2 is 1.93 bits per heavy atom. The topological polar surface area (TPSA) is 59.1 Å². The Labute approximate surface area is 102 Å². The number of hydrogen-bond donors (Lipinski definition) is 1. The molecule has 1 aromatic rings. The molecular weight excluding hydrogens is 259 g/mol. The van der Waals surface area contributed by atoms with Gasteiger partial charge in [-0.2, -0.15) is 0 Å². The molecule has 0 bridgehead atoms. The highest BCUT2D eigenvalue weighted by atomic mass is 35.5. The third kappa shape index (κ3) is 4.24. The van der Waals surface area contributed by atoms with Crippen LogP contribution in [0.3, 0.4) is 0 Å². The van der Waals surface area contributed by atoms with E-state index in [9.17, 15) is 8.42 Å². The van der Waals surface area contributed by atoms with Crippen LogP contribution in [0.15, 0.2) is 23.2 Å². The first-order valence-corrected chi connectivity index (χ1v) is 5.62. The summed E-state index contributed by atoms with van der Waals surface area (Å²) in [5.41, 5.74) is 0. The van der Waals surface area contributed by atoms with Gasteiger partial charge in [0, 0.05) is 13.2 Å². The summed E-state index contributed by atoms with van der Waals surface area (Å²) in [5, 5.41) is 2.82. The van der Waals surface area contributed by atoms with Crippen LogP contribution in [0.4, 0.5) is 5.82 Å². The number of nitrogens with one attached hydrogen (secondary N) is 1. The van der Waals surface area contributed by atoms with Gasteiger partial charge >= 0.3 is 0 Å². The van der Waals surface area contributed by atoms with E-state index in [1.165, 1.54) is 6.20 Å². The first kappa shape index (κ1) is 16.9. The third-order valence-corrected chi connectivity index (χ3v) is 3.45. The molecule has 0 aliphatic carbocycles. The summed E-state index contributed by atoms with van der Waals surface area (Å²) in [4.78, 5) is 4.19. The highest BCUT2D eigenvalue weighted by Crippen LogP contribution is 2.11. The number of sulfone groups is 1. The molecule has 0 radical (unpaired) electrons. The molecule has 4 nitrogen and oxygen atoms in total. The third-order valence-electron chi connectivity index (χ3n) is 1.73. The van der Waals surface area contributed by atoms with E-state index >= 15 is 0 Å². The molecule has 0 unspecified atom stereocenters. The molecule has 0 fully saturated rings. The maximum absolute atomic E-state index is 11.3. The fraction of sp³-hybridized carbons (Fsp3) is 0.375. The van der Waals surface area contributed by atoms with Crippen molar-refractivity contribution in [2.75, 3.05) is 18.1 Å². The van der Waals surface area contributed by atoms with Crippen LogP contribution in [0, 0.1) is 0 Å². The van der Waals surface area contributed by atoms with Gasteiger partial charge in [-0.15, -0.1) is 24.8 Å². The zero-order chi connectivity index (χ0) is 9.90. The molecule has 0 aliphatic heterocycles. The molecule has 1 N–H and O–H groups in total. The Morgan fingerprint density at radius 1 is 1.33 bits per heavy atom. The molecule has 1 heterocycles. The summed E-state index contributed by atoms with van der Waals surface area (Å²) in [6.07, 6.45) is 1.37. The predicted molar refractivity (Wildman–Crippen MR) is 66.0 cm³/mol. The van der Waals surface area contributed by atoms with Crippen LogP contribution in [0.1, 0.15) is 6.92 Å². The van der Waals surface area contributed by atoms with Gasteiger partial charge in [-0.3, -0.25) is 0 Å². The normalized spacial score (nSPS) is 9.73. The largest absolute Gasteiger partial charge is 0.373 e. The maximum Gasteiger partial charge on any atom is 0.179 e. The van der Waals surface area contributed by atoms with Gasteiger partial charge in [0.1, 0.15) is 5.82 Å². The van der Waals surface area contributed by atoms with Crippen LogP contribution in [-0.4, -0.2) is 26.2 Å². The van der Waals surface area contributed by atoms with Crippen molar-refractivity contribution in [3.63, 3.8) is 0 Å². The minimum atomic E-state index is -3.11. The minimum Gasteiger partial charge on any atom is -0.373 e. The van der Waals surface area contributed by atoms with Crippen molar-refractivity contribution >= 4 is 40.5 Å². The average molecular weight is 273 g/mol. The molecule has 0 amide bonds. The smallest absolute Gasteiger partial charge is 0.179 e. The van der Waals surface area contributed by atoms with Crippen molar-refractivity contribution in [3.05, 3.63) is 18.3 Å². The molecule has 0 atom stereocenters. The summed E-state index contributed by atoms with van der Waals surface area (Å²) >= 11 is 0. The van der Waals surface area contributed by atoms with Gasteiger partial charge in [0.25, 0.3) is 0 Å². The van der Waals surface area contributed by atoms with Gasteiger partial charge in [0.2, 0.25) is 0 Å². The lowest BCUT2D eigenvalue weighted by Crippen LogP contribution is -2.04. The molecule has 7 heteroatoms. The summed E-state index contributed by atoms with van der Waals surface area (Å²) in [5.74, 6) is 0.767. The monoisotopic (exact) mass is 272 g/mol. The van der Waals surface area contributed by atoms with E-state index in [0.29, 0.717) is 5.82 Å². The lowest BCUT2D eigenvalue weighted by atomic mass is 10.5. The van der Waals surface area contributed by atoms with Crippen molar-refractivity contribution in [2.45, 2.75) is 11.8 Å². The predicted octanol–water partition coefficient (Wildman–Crippen LogP) is 1.76. The van der Waals surface area contributed by atoms with E-state index in [-0.39, 0.29) is 35.5 Å². The minimum absolute atomic E-state index is 0. The Balaban J connectivity index is 0. The first-order valence-electron chi connectivity index (χ1n) is 3.96. The van der Waals surface area contributed by atoms with Gasteiger partial charge in [-0.05, 0) is 12.1 Å². The van der Waals surface area contributed by atoms with Gasteiger partial charge < -0.3 is 5.32 Å². The number of nitrogens with zero attached hydrogens (tertiary/aromatic N) is 1. The van der Waals surface area contributed by atoms with Crippen molar-refractivity contribution in [1.82, 2.24) is 4.98 Å². The van der Waals surface area contributed by atoms with Crippen LogP contribution in [-0.2, 0) is 9.84 Å². The van der Waals surface area contributed by atoms with Crippen LogP contribution < -0.4 is 5.32 Å². The fourth-order valence-corrected chi connectivity index (χ4v) is 1.70. The highest BCUT2D eigenvalue weighted by Gasteiger charge is 2.10. The van der Waals surface area contributed by atoms with Crippen LogP contribution in [0.5, 0.6) is 0 Å². The van der Waals surface area contributed by atoms with E-state index < -0.39 is 9.84 Å². The number of aromatic nitrogens is 1. The van der Waals surface area contributed by atoms with Gasteiger partial charge in [-0.1, -0.05) is 6.92 Å². The average Bonchev–Trinajstić information content (AvgIpc) is 2.18. The Hall–Kier alpha value is -0.520. The first-order chi connectivity index (χ1) is 6.10. The molecule has 1 rings (SSSR count). The summed E-state index contributed by atoms with van der Waals surface area (Å²) < 4.78 is 22.7. The lowest BCUT2D eigenvalue weighted by molar-refractivity contribution is 0.597. The molecule has 0 aliphatic rings. The quantitative estimate of drug-likeness (QED) is 0.911. The number of halogens is 2. The number of pyridine rings is 1. The molecule has 15 heavy (non-hydrogen) atoms. The van der Waals surface area contributed by atoms with Gasteiger partial charge in [0.15, 0.2) is 9.84 Å². The van der Waals surface area contributed by atoms with Crippen molar-refractivity contribution in [3.8, 4) is 0 Å². The Kier molecular flexibility index (Phi) is 7.74. The Bertz CT molecular complexity index is 378. The van der Waals surface area contributed by atoms with Crippen LogP contribution in [0.2, 0.25) is 0 Å². The second kappa shape index (κ2) is 6.87. The molecule has 0 saturated carbocycles. The summed E-state index contributed by atoms with van der Waals surface area (Å²) in [6.45, 7) is 1.61. The zero-order valence-electron chi connectivity index (χ0n) is 8.43. The molecule has 0 spiro atoms. The highest BCUT2D eigenvalue weighted by molar-refractivity contribution is 7.91. The summed E-state index contributed by atoms with van der Waals surface area (Å²) in [7, 11) is -1.38. The molecule has 88 valence electrons. The fourth-order valence-electron chi connectivity index (χ4n) is 0.879. The van der Waals surface area contributed by atoms with Crippen molar-refractivity contribution in [1.29, 1.82) is 0 Å². The van der Waals surface area contributed by atoms with Gasteiger partial charge in [0.05, 0.1) is 10.6 Å². The van der Waals surface area contributed by atoms with Crippen molar-refractivity contribution < 1.29 is 8.42 Å². The second-order valence-electron chi connectivity index (χ2n) is 2.53. The second-order valence-corrected chi connectivity index (χ2v) is 4.81. The van der Waals surface area contributed by atoms with E-state index in [2.05, 4.69) is 10.3 Å². The van der Waals surface area contributed by atoms with E-state index in [1.807, 2.05) is 0 Å². The van der Waals surface area contributed by atoms with Crippen LogP contribution in [0.25, 0.3) is 0 Å². The SMILES string of the molecule is CCS(=O)(=O)c1ccc(NC)nc1.Cl.Cl. The van der Waals surface area contributed by atoms with E-state index in [0.717, 1.165) is 0 Å². The molecule has 1 aromatic heterocycles. The number of anilines is 1. The standard InChI is InChI=1S/C8H12N2O2S.2ClH/c1-3-13(11,12)7-4-5-8(9-2)10-6-7;;/h4-6H,3H2,1-2H3,(H,9,10);2*1H. The van der Waals surface area contributed by atoms with E-state index in [1.54, 1.807) is 26.1 Å². The van der Waals surface area contributed by atoms with E-state index in [4.69, 9.17) is 0 Å². The maximum atomic E-state index is 11.3. The Morgan fingerprint density at radius 3 is 2.27 bits per heavy atom. The number of hydrogen-bond acceptors (Lipinski definition) is 4. The number of rotatable bonds is 3. The zero-order valence-corrected chi connectivity index (χ0v) is 10.9.